The van der Waals surface area contributed by atoms with Gasteiger partial charge in [0.1, 0.15) is 19.0 Å². The van der Waals surface area contributed by atoms with Crippen LogP contribution in [0.5, 0.6) is 17.2 Å². The maximum Gasteiger partial charge on any atom is 0.179 e. The average molecular weight is 392 g/mol. The van der Waals surface area contributed by atoms with Gasteiger partial charge in [-0.1, -0.05) is 49.7 Å². The van der Waals surface area contributed by atoms with E-state index in [-0.39, 0.29) is 5.41 Å². The molecule has 0 aliphatic carbocycles. The van der Waals surface area contributed by atoms with Gasteiger partial charge in [-0.05, 0) is 41.7 Å². The molecule has 0 heterocycles. The zero-order valence-electron chi connectivity index (χ0n) is 16.2. The van der Waals surface area contributed by atoms with E-state index in [9.17, 15) is 0 Å². The number of nitrogens with zero attached hydrogens (tertiary/aromatic N) is 1. The summed E-state index contributed by atoms with van der Waals surface area (Å²) < 4.78 is 16.8. The number of benzene rings is 2. The Bertz CT molecular complexity index is 772. The Morgan fingerprint density at radius 2 is 1.78 bits per heavy atom. The molecule has 0 saturated heterocycles. The summed E-state index contributed by atoms with van der Waals surface area (Å²) >= 11 is 6.23. The summed E-state index contributed by atoms with van der Waals surface area (Å²) in [5, 5.41) is 12.0. The van der Waals surface area contributed by atoms with Gasteiger partial charge in [0.05, 0.1) is 18.3 Å². The molecule has 0 saturated carbocycles. The minimum atomic E-state index is 0.155. The van der Waals surface area contributed by atoms with Gasteiger partial charge in [0.2, 0.25) is 0 Å². The van der Waals surface area contributed by atoms with Crippen LogP contribution in [0.1, 0.15) is 38.3 Å². The summed E-state index contributed by atoms with van der Waals surface area (Å²) in [7, 11) is 1.52. The Balaban J connectivity index is 1.93. The molecule has 0 atom stereocenters. The van der Waals surface area contributed by atoms with Crippen molar-refractivity contribution in [3.63, 3.8) is 0 Å². The maximum atomic E-state index is 8.64. The first-order valence-electron chi connectivity index (χ1n) is 8.82. The topological polar surface area (TPSA) is 60.3 Å². The molecular weight excluding hydrogens is 366 g/mol. The summed E-state index contributed by atoms with van der Waals surface area (Å²) in [5.74, 6) is 1.68. The predicted octanol–water partition coefficient (Wildman–Crippen LogP) is 5.30. The third-order valence-corrected chi connectivity index (χ3v) is 4.86. The largest absolute Gasteiger partial charge is 0.493 e. The molecule has 5 nitrogen and oxygen atoms in total. The number of rotatable bonds is 9. The fraction of sp³-hybridized carbons (Fsp3) is 0.381. The number of hydrogen-bond acceptors (Lipinski definition) is 5. The highest BCUT2D eigenvalue weighted by Gasteiger charge is 2.17. The minimum absolute atomic E-state index is 0.155. The Morgan fingerprint density at radius 1 is 1.11 bits per heavy atom. The lowest BCUT2D eigenvalue weighted by Crippen LogP contribution is -2.15. The van der Waals surface area contributed by atoms with Gasteiger partial charge >= 0.3 is 0 Å². The maximum absolute atomic E-state index is 8.64. The number of ether oxygens (including phenoxy) is 3. The van der Waals surface area contributed by atoms with Crippen LogP contribution in [0, 0.1) is 0 Å². The van der Waals surface area contributed by atoms with Crippen molar-refractivity contribution in [2.45, 2.75) is 32.6 Å². The summed E-state index contributed by atoms with van der Waals surface area (Å²) in [5.41, 5.74) is 2.05. The molecular formula is C21H26ClNO4. The third kappa shape index (κ3) is 5.54. The first kappa shape index (κ1) is 20.9. The normalized spacial score (nSPS) is 11.6. The van der Waals surface area contributed by atoms with Crippen LogP contribution in [0.2, 0.25) is 5.02 Å². The average Bonchev–Trinajstić information content (AvgIpc) is 2.66. The van der Waals surface area contributed by atoms with Crippen LogP contribution in [-0.4, -0.2) is 31.7 Å². The van der Waals surface area contributed by atoms with E-state index in [1.54, 1.807) is 12.1 Å². The fourth-order valence-electron chi connectivity index (χ4n) is 2.53. The van der Waals surface area contributed by atoms with Gasteiger partial charge in [-0.15, -0.1) is 0 Å². The molecule has 2 rings (SSSR count). The molecule has 0 aliphatic rings. The van der Waals surface area contributed by atoms with Crippen molar-refractivity contribution in [3.05, 3.63) is 52.5 Å². The van der Waals surface area contributed by atoms with E-state index in [2.05, 4.69) is 38.1 Å². The van der Waals surface area contributed by atoms with Crippen molar-refractivity contribution in [2.75, 3.05) is 20.3 Å². The van der Waals surface area contributed by atoms with E-state index in [0.717, 1.165) is 12.2 Å². The molecule has 0 bridgehead atoms. The lowest BCUT2D eigenvalue weighted by atomic mass is 9.82. The molecule has 0 aliphatic heterocycles. The van der Waals surface area contributed by atoms with Gasteiger partial charge in [-0.25, -0.2) is 0 Å². The molecule has 0 unspecified atom stereocenters. The van der Waals surface area contributed by atoms with Crippen molar-refractivity contribution in [2.24, 2.45) is 5.16 Å². The fourth-order valence-corrected chi connectivity index (χ4v) is 2.80. The van der Waals surface area contributed by atoms with Crippen molar-refractivity contribution >= 4 is 17.8 Å². The number of methoxy groups -OCH3 is 1. The van der Waals surface area contributed by atoms with Gasteiger partial charge in [0, 0.05) is 5.56 Å². The van der Waals surface area contributed by atoms with E-state index in [1.807, 2.05) is 12.1 Å². The smallest absolute Gasteiger partial charge is 0.179 e. The second-order valence-corrected chi connectivity index (χ2v) is 7.14. The van der Waals surface area contributed by atoms with Crippen LogP contribution >= 0.6 is 11.6 Å². The van der Waals surface area contributed by atoms with Gasteiger partial charge in [-0.2, -0.15) is 0 Å². The van der Waals surface area contributed by atoms with Gasteiger partial charge in [0.15, 0.2) is 11.5 Å². The predicted molar refractivity (Wildman–Crippen MR) is 108 cm³/mol. The van der Waals surface area contributed by atoms with E-state index in [0.29, 0.717) is 35.3 Å². The van der Waals surface area contributed by atoms with Crippen LogP contribution in [0.15, 0.2) is 41.6 Å². The molecule has 0 radical (unpaired) electrons. The summed E-state index contributed by atoms with van der Waals surface area (Å²) in [6.45, 7) is 7.32. The summed E-state index contributed by atoms with van der Waals surface area (Å²) in [4.78, 5) is 0. The van der Waals surface area contributed by atoms with Crippen LogP contribution in [0.4, 0.5) is 0 Å². The summed E-state index contributed by atoms with van der Waals surface area (Å²) in [6.07, 6.45) is 2.34. The molecule has 0 amide bonds. The molecule has 2 aromatic carbocycles. The van der Waals surface area contributed by atoms with Gasteiger partial charge in [-0.3, -0.25) is 0 Å². The Hall–Kier alpha value is -2.40. The lowest BCUT2D eigenvalue weighted by Gasteiger charge is -2.23. The molecule has 0 spiro atoms. The standard InChI is InChI=1S/C21H26ClNO4/c1-5-21(2,3)16-6-8-17(9-7-16)26-10-11-27-20-18(22)12-15(14-23-24)13-19(20)25-4/h6-9,12-14,24H,5,10-11H2,1-4H3. The Morgan fingerprint density at radius 3 is 2.37 bits per heavy atom. The number of halogens is 1. The lowest BCUT2D eigenvalue weighted by molar-refractivity contribution is 0.211. The Labute approximate surface area is 165 Å². The monoisotopic (exact) mass is 391 g/mol. The van der Waals surface area contributed by atoms with E-state index < -0.39 is 0 Å². The van der Waals surface area contributed by atoms with E-state index in [1.165, 1.54) is 18.9 Å². The minimum Gasteiger partial charge on any atom is -0.493 e. The molecule has 1 N–H and O–H groups in total. The van der Waals surface area contributed by atoms with Crippen LogP contribution in [-0.2, 0) is 5.41 Å². The van der Waals surface area contributed by atoms with Crippen molar-refractivity contribution < 1.29 is 19.4 Å². The van der Waals surface area contributed by atoms with Crippen LogP contribution in [0.25, 0.3) is 0 Å². The van der Waals surface area contributed by atoms with Gasteiger partial charge in [0.25, 0.3) is 0 Å². The van der Waals surface area contributed by atoms with Crippen LogP contribution in [0.3, 0.4) is 0 Å². The number of oxime groups is 1. The van der Waals surface area contributed by atoms with Gasteiger partial charge < -0.3 is 19.4 Å². The van der Waals surface area contributed by atoms with Crippen molar-refractivity contribution in [1.82, 2.24) is 0 Å². The Kier molecular flexibility index (Phi) is 7.36. The summed E-state index contributed by atoms with van der Waals surface area (Å²) in [6, 6.07) is 11.5. The highest BCUT2D eigenvalue weighted by atomic mass is 35.5. The number of hydrogen-bond donors (Lipinski definition) is 1. The second-order valence-electron chi connectivity index (χ2n) is 6.74. The molecule has 27 heavy (non-hydrogen) atoms. The zero-order valence-corrected chi connectivity index (χ0v) is 16.9. The molecule has 2 aromatic rings. The molecule has 0 aromatic heterocycles. The molecule has 6 heteroatoms. The first-order chi connectivity index (χ1) is 12.9. The second kappa shape index (κ2) is 9.51. The van der Waals surface area contributed by atoms with E-state index in [4.69, 9.17) is 31.0 Å². The zero-order chi connectivity index (χ0) is 19.9. The SMILES string of the molecule is CCC(C)(C)c1ccc(OCCOc2c(Cl)cc(C=NO)cc2OC)cc1. The van der Waals surface area contributed by atoms with Crippen molar-refractivity contribution in [3.8, 4) is 17.2 Å². The first-order valence-corrected chi connectivity index (χ1v) is 9.20. The molecule has 146 valence electrons. The third-order valence-electron chi connectivity index (χ3n) is 4.58. The molecule has 0 fully saturated rings. The highest BCUT2D eigenvalue weighted by Crippen LogP contribution is 2.36. The van der Waals surface area contributed by atoms with Crippen LogP contribution < -0.4 is 14.2 Å². The van der Waals surface area contributed by atoms with E-state index >= 15 is 0 Å². The van der Waals surface area contributed by atoms with Crippen molar-refractivity contribution in [1.29, 1.82) is 0 Å². The quantitative estimate of drug-likeness (QED) is 0.272. The highest BCUT2D eigenvalue weighted by molar-refractivity contribution is 6.32.